The molecular weight excluding hydrogens is 316 g/mol. The van der Waals surface area contributed by atoms with E-state index in [1.165, 1.54) is 5.56 Å². The van der Waals surface area contributed by atoms with Crippen LogP contribution in [0.2, 0.25) is 0 Å². The van der Waals surface area contributed by atoms with E-state index in [1.54, 1.807) is 11.0 Å². The lowest BCUT2D eigenvalue weighted by atomic mass is 10.0. The number of benzene rings is 1. The molecule has 25 heavy (non-hydrogen) atoms. The minimum absolute atomic E-state index is 0.186. The zero-order valence-electron chi connectivity index (χ0n) is 15.8. The van der Waals surface area contributed by atoms with Crippen molar-refractivity contribution in [1.29, 1.82) is 0 Å². The number of quaternary nitrogens is 2. The Morgan fingerprint density at radius 1 is 1.12 bits per heavy atom. The second kappa shape index (κ2) is 7.28. The van der Waals surface area contributed by atoms with E-state index in [0.717, 1.165) is 55.9 Å². The number of hydrogen-bond donors (Lipinski definition) is 2. The number of nitrogens with one attached hydrogen (secondary N) is 1. The maximum Gasteiger partial charge on any atom is 0.336 e. The first-order valence-electron chi connectivity index (χ1n) is 9.15. The van der Waals surface area contributed by atoms with Gasteiger partial charge in [-0.05, 0) is 51.0 Å². The predicted octanol–water partition coefficient (Wildman–Crippen LogP) is 0.167. The van der Waals surface area contributed by atoms with Crippen LogP contribution in [0.5, 0.6) is 0 Å². The highest BCUT2D eigenvalue weighted by atomic mass is 16.5. The lowest BCUT2D eigenvalue weighted by molar-refractivity contribution is -0.969. The van der Waals surface area contributed by atoms with Crippen LogP contribution in [-0.4, -0.2) is 38.4 Å². The highest BCUT2D eigenvalue weighted by molar-refractivity contribution is 5.81. The fourth-order valence-corrected chi connectivity index (χ4v) is 3.68. The van der Waals surface area contributed by atoms with Crippen molar-refractivity contribution in [3.8, 4) is 0 Å². The van der Waals surface area contributed by atoms with E-state index in [2.05, 4.69) is 32.2 Å². The van der Waals surface area contributed by atoms with Crippen LogP contribution in [-0.2, 0) is 11.3 Å². The Balaban J connectivity index is 1.74. The van der Waals surface area contributed by atoms with E-state index in [1.807, 2.05) is 13.0 Å². The lowest BCUT2D eigenvalue weighted by Crippen LogP contribution is -3.23. The molecule has 0 saturated carbocycles. The van der Waals surface area contributed by atoms with Crippen molar-refractivity contribution in [1.82, 2.24) is 0 Å². The van der Waals surface area contributed by atoms with Gasteiger partial charge in [0.2, 0.25) is 0 Å². The Morgan fingerprint density at radius 2 is 1.80 bits per heavy atom. The zero-order valence-corrected chi connectivity index (χ0v) is 15.8. The summed E-state index contributed by atoms with van der Waals surface area (Å²) in [6.45, 7) is 14.4. The van der Waals surface area contributed by atoms with Crippen LogP contribution in [0.1, 0.15) is 30.5 Å². The molecule has 2 aromatic rings. The summed E-state index contributed by atoms with van der Waals surface area (Å²) in [5, 5.41) is 3.36. The van der Waals surface area contributed by atoms with Crippen LogP contribution in [0.25, 0.3) is 11.0 Å². The maximum atomic E-state index is 11.9. The molecule has 0 aliphatic carbocycles. The molecule has 1 aliphatic heterocycles. The van der Waals surface area contributed by atoms with Crippen LogP contribution in [0, 0.1) is 13.8 Å². The van der Waals surface area contributed by atoms with Gasteiger partial charge in [0.15, 0.2) is 0 Å². The predicted molar refractivity (Wildman–Crippen MR) is 98.0 cm³/mol. The van der Waals surface area contributed by atoms with Crippen molar-refractivity contribution in [3.05, 3.63) is 45.3 Å². The molecule has 0 bridgehead atoms. The molecule has 136 valence electrons. The third-order valence-electron chi connectivity index (χ3n) is 5.52. The van der Waals surface area contributed by atoms with Crippen LogP contribution in [0.4, 0.5) is 0 Å². The molecule has 0 unspecified atom stereocenters. The molecule has 0 spiro atoms. The molecule has 5 nitrogen and oxygen atoms in total. The van der Waals surface area contributed by atoms with Gasteiger partial charge in [0.1, 0.15) is 37.3 Å². The van der Waals surface area contributed by atoms with E-state index in [4.69, 9.17) is 9.15 Å². The summed E-state index contributed by atoms with van der Waals surface area (Å²) in [6.07, 6.45) is 0. The molecular formula is C20H30N2O3+2. The number of rotatable bonds is 5. The Kier molecular flexibility index (Phi) is 5.27. The Bertz CT molecular complexity index is 804. The normalized spacial score (nSPS) is 16.5. The van der Waals surface area contributed by atoms with E-state index in [-0.39, 0.29) is 11.2 Å². The molecule has 0 radical (unpaired) electrons. The van der Waals surface area contributed by atoms with Crippen LogP contribution in [0.15, 0.2) is 27.4 Å². The number of ether oxygens (including phenoxy) is 1. The molecule has 1 aromatic heterocycles. The van der Waals surface area contributed by atoms with Crippen molar-refractivity contribution in [3.63, 3.8) is 0 Å². The zero-order chi connectivity index (χ0) is 18.0. The SMILES string of the molecule is Cc1cc2oc(=O)cc(C[NH2+]CC(C)(C)[NH+]3CCOCC3)c2cc1C. The third kappa shape index (κ3) is 4.11. The van der Waals surface area contributed by atoms with Gasteiger partial charge in [-0.3, -0.25) is 0 Å². The van der Waals surface area contributed by atoms with Crippen molar-refractivity contribution in [2.45, 2.75) is 39.8 Å². The first-order valence-corrected chi connectivity index (χ1v) is 9.15. The fraction of sp³-hybridized carbons (Fsp3) is 0.550. The van der Waals surface area contributed by atoms with Crippen LogP contribution >= 0.6 is 0 Å². The van der Waals surface area contributed by atoms with Gasteiger partial charge in [0.25, 0.3) is 0 Å². The minimum atomic E-state index is -0.266. The Hall–Kier alpha value is -1.69. The molecule has 1 saturated heterocycles. The summed E-state index contributed by atoms with van der Waals surface area (Å²) in [7, 11) is 0. The number of morpholine rings is 1. The highest BCUT2D eigenvalue weighted by Gasteiger charge is 2.33. The lowest BCUT2D eigenvalue weighted by Gasteiger charge is -2.36. The summed E-state index contributed by atoms with van der Waals surface area (Å²) < 4.78 is 10.9. The van der Waals surface area contributed by atoms with Gasteiger partial charge in [0, 0.05) is 17.0 Å². The molecule has 0 atom stereocenters. The van der Waals surface area contributed by atoms with Gasteiger partial charge in [-0.1, -0.05) is 0 Å². The number of fused-ring (bicyclic) bond motifs is 1. The molecule has 0 amide bonds. The van der Waals surface area contributed by atoms with Gasteiger partial charge < -0.3 is 19.4 Å². The average molecular weight is 346 g/mol. The second-order valence-electron chi connectivity index (χ2n) is 7.82. The van der Waals surface area contributed by atoms with Crippen molar-refractivity contribution < 1.29 is 19.4 Å². The number of nitrogens with two attached hydrogens (primary N) is 1. The average Bonchev–Trinajstić information content (AvgIpc) is 2.57. The monoisotopic (exact) mass is 346 g/mol. The molecule has 1 aliphatic rings. The van der Waals surface area contributed by atoms with E-state index in [0.29, 0.717) is 5.58 Å². The maximum absolute atomic E-state index is 11.9. The number of aryl methyl sites for hydroxylation is 2. The fourth-order valence-electron chi connectivity index (χ4n) is 3.68. The molecule has 2 heterocycles. The van der Waals surface area contributed by atoms with Gasteiger partial charge >= 0.3 is 5.63 Å². The van der Waals surface area contributed by atoms with Crippen molar-refractivity contribution in [2.24, 2.45) is 0 Å². The summed E-state index contributed by atoms with van der Waals surface area (Å²) >= 11 is 0. The smallest absolute Gasteiger partial charge is 0.336 e. The molecule has 3 rings (SSSR count). The summed E-state index contributed by atoms with van der Waals surface area (Å²) in [4.78, 5) is 13.5. The minimum Gasteiger partial charge on any atom is -0.423 e. The van der Waals surface area contributed by atoms with Crippen molar-refractivity contribution >= 4 is 11.0 Å². The largest absolute Gasteiger partial charge is 0.423 e. The second-order valence-corrected chi connectivity index (χ2v) is 7.82. The van der Waals surface area contributed by atoms with Crippen LogP contribution in [0.3, 0.4) is 0 Å². The Labute approximate surface area is 149 Å². The highest BCUT2D eigenvalue weighted by Crippen LogP contribution is 2.21. The quantitative estimate of drug-likeness (QED) is 0.759. The number of hydrogen-bond acceptors (Lipinski definition) is 3. The summed E-state index contributed by atoms with van der Waals surface area (Å²) in [5.41, 5.74) is 4.04. The summed E-state index contributed by atoms with van der Waals surface area (Å²) in [6, 6.07) is 5.74. The first-order chi connectivity index (χ1) is 11.9. The molecule has 5 heteroatoms. The molecule has 1 aromatic carbocycles. The summed E-state index contributed by atoms with van der Waals surface area (Å²) in [5.74, 6) is 0. The van der Waals surface area contributed by atoms with Gasteiger partial charge in [0.05, 0.1) is 13.2 Å². The Morgan fingerprint density at radius 3 is 2.52 bits per heavy atom. The van der Waals surface area contributed by atoms with E-state index < -0.39 is 0 Å². The van der Waals surface area contributed by atoms with E-state index >= 15 is 0 Å². The topological polar surface area (TPSA) is 60.5 Å². The molecule has 1 fully saturated rings. The third-order valence-corrected chi connectivity index (χ3v) is 5.52. The van der Waals surface area contributed by atoms with Gasteiger partial charge in [-0.25, -0.2) is 4.79 Å². The standard InChI is InChI=1S/C20H28N2O3/c1-14-9-17-16(11-19(23)25-18(17)10-15(14)2)12-21-13-20(3,4)22-5-7-24-8-6-22/h9-11,21H,5-8,12-13H2,1-4H3/p+2. The van der Waals surface area contributed by atoms with Gasteiger partial charge in [-0.15, -0.1) is 0 Å². The van der Waals surface area contributed by atoms with Crippen LogP contribution < -0.4 is 15.8 Å². The first kappa shape index (κ1) is 18.1. The van der Waals surface area contributed by atoms with Gasteiger partial charge in [-0.2, -0.15) is 0 Å². The van der Waals surface area contributed by atoms with Crippen molar-refractivity contribution in [2.75, 3.05) is 32.8 Å². The molecule has 3 N–H and O–H groups in total. The van der Waals surface area contributed by atoms with E-state index in [9.17, 15) is 4.79 Å².